The molecule has 0 aliphatic heterocycles. The molecule has 0 amide bonds. The zero-order valence-electron chi connectivity index (χ0n) is 6.73. The van der Waals surface area contributed by atoms with Gasteiger partial charge in [-0.15, -0.1) is 0 Å². The normalized spacial score (nSPS) is 13.4. The van der Waals surface area contributed by atoms with Gasteiger partial charge in [0.2, 0.25) is 0 Å². The van der Waals surface area contributed by atoms with Gasteiger partial charge in [0, 0.05) is 5.70 Å². The number of nitrogens with two attached hydrogens (primary N) is 2. The molecule has 0 atom stereocenters. The molecule has 5 N–H and O–H groups in total. The monoisotopic (exact) mass is 141 g/mol. The lowest BCUT2D eigenvalue weighted by Gasteiger charge is -2.16. The van der Waals surface area contributed by atoms with Gasteiger partial charge in [-0.1, -0.05) is 0 Å². The summed E-state index contributed by atoms with van der Waals surface area (Å²) in [5, 5.41) is 7.39. The van der Waals surface area contributed by atoms with Crippen LogP contribution in [0.1, 0.15) is 20.8 Å². The van der Waals surface area contributed by atoms with Crippen molar-refractivity contribution in [2.24, 2.45) is 11.5 Å². The number of hydrogen-bond donors (Lipinski definition) is 3. The molecule has 0 saturated carbocycles. The Morgan fingerprint density at radius 3 is 2.00 bits per heavy atom. The zero-order valence-corrected chi connectivity index (χ0v) is 6.73. The predicted octanol–water partition coefficient (Wildman–Crippen LogP) is 0.606. The highest BCUT2D eigenvalue weighted by Crippen LogP contribution is 2.00. The first-order chi connectivity index (χ1) is 4.34. The molecular weight excluding hydrogens is 126 g/mol. The van der Waals surface area contributed by atoms with E-state index in [2.05, 4.69) is 0 Å². The molecule has 0 aromatic carbocycles. The van der Waals surface area contributed by atoms with Crippen LogP contribution in [0.25, 0.3) is 0 Å². The van der Waals surface area contributed by atoms with Crippen molar-refractivity contribution < 1.29 is 0 Å². The van der Waals surface area contributed by atoms with Crippen molar-refractivity contribution >= 4 is 5.71 Å². The van der Waals surface area contributed by atoms with Crippen LogP contribution in [0, 0.1) is 5.41 Å². The van der Waals surface area contributed by atoms with Gasteiger partial charge in [-0.3, -0.25) is 0 Å². The third kappa shape index (κ3) is 3.25. The molecule has 58 valence electrons. The summed E-state index contributed by atoms with van der Waals surface area (Å²) in [6.07, 6.45) is 1.57. The lowest BCUT2D eigenvalue weighted by atomic mass is 9.99. The second kappa shape index (κ2) is 2.84. The molecule has 3 nitrogen and oxygen atoms in total. The van der Waals surface area contributed by atoms with Crippen LogP contribution in [0.15, 0.2) is 11.8 Å². The molecule has 0 aromatic heterocycles. The Hall–Kier alpha value is -0.830. The number of allylic oxidation sites excluding steroid dienone is 1. The summed E-state index contributed by atoms with van der Waals surface area (Å²) in [5.74, 6) is 0. The third-order valence-corrected chi connectivity index (χ3v) is 1.07. The standard InChI is InChI=1S/C7H15N3/c1-5(8)4-6(9)7(2,3)10/h4,9H,8,10H2,1-3H3. The first-order valence-corrected chi connectivity index (χ1v) is 3.15. The maximum Gasteiger partial charge on any atom is 0.0524 e. The highest BCUT2D eigenvalue weighted by atomic mass is 14.7. The fourth-order valence-corrected chi connectivity index (χ4v) is 0.414. The van der Waals surface area contributed by atoms with Gasteiger partial charge in [-0.2, -0.15) is 0 Å². The maximum atomic E-state index is 7.39. The SMILES string of the molecule is CC(N)=CC(=N)C(C)(C)N. The van der Waals surface area contributed by atoms with Crippen molar-refractivity contribution in [3.05, 3.63) is 11.8 Å². The fraction of sp³-hybridized carbons (Fsp3) is 0.571. The van der Waals surface area contributed by atoms with Gasteiger partial charge >= 0.3 is 0 Å². The molecule has 0 saturated heterocycles. The summed E-state index contributed by atoms with van der Waals surface area (Å²) < 4.78 is 0. The van der Waals surface area contributed by atoms with Crippen molar-refractivity contribution in [3.8, 4) is 0 Å². The quantitative estimate of drug-likeness (QED) is 0.493. The van der Waals surface area contributed by atoms with E-state index in [1.807, 2.05) is 0 Å². The van der Waals surface area contributed by atoms with Crippen LogP contribution in [0.2, 0.25) is 0 Å². The smallest absolute Gasteiger partial charge is 0.0524 e. The minimum Gasteiger partial charge on any atom is -0.402 e. The minimum absolute atomic E-state index is 0.354. The second-order valence-corrected chi connectivity index (χ2v) is 3.02. The van der Waals surface area contributed by atoms with E-state index in [1.54, 1.807) is 26.8 Å². The summed E-state index contributed by atoms with van der Waals surface area (Å²) in [6, 6.07) is 0. The van der Waals surface area contributed by atoms with Gasteiger partial charge in [0.05, 0.1) is 11.3 Å². The van der Waals surface area contributed by atoms with E-state index < -0.39 is 5.54 Å². The largest absolute Gasteiger partial charge is 0.402 e. The maximum absolute atomic E-state index is 7.39. The van der Waals surface area contributed by atoms with E-state index in [4.69, 9.17) is 16.9 Å². The number of nitrogens with one attached hydrogen (secondary N) is 1. The van der Waals surface area contributed by atoms with Gasteiger partial charge in [-0.05, 0) is 26.8 Å². The average Bonchev–Trinajstić information content (AvgIpc) is 1.60. The molecule has 0 radical (unpaired) electrons. The Kier molecular flexibility index (Phi) is 2.60. The molecular formula is C7H15N3. The highest BCUT2D eigenvalue weighted by Gasteiger charge is 2.14. The van der Waals surface area contributed by atoms with E-state index in [0.29, 0.717) is 11.4 Å². The van der Waals surface area contributed by atoms with E-state index in [-0.39, 0.29) is 0 Å². The molecule has 0 heterocycles. The van der Waals surface area contributed by atoms with E-state index in [1.165, 1.54) is 0 Å². The molecule has 0 fully saturated rings. The topological polar surface area (TPSA) is 75.9 Å². The van der Waals surface area contributed by atoms with Gasteiger partial charge in [0.15, 0.2) is 0 Å². The number of hydrogen-bond acceptors (Lipinski definition) is 3. The highest BCUT2D eigenvalue weighted by molar-refractivity contribution is 5.99. The van der Waals surface area contributed by atoms with E-state index >= 15 is 0 Å². The molecule has 10 heavy (non-hydrogen) atoms. The van der Waals surface area contributed by atoms with Gasteiger partial charge < -0.3 is 16.9 Å². The zero-order chi connectivity index (χ0) is 8.36. The fourth-order valence-electron chi connectivity index (χ4n) is 0.414. The van der Waals surface area contributed by atoms with Crippen LogP contribution in [0.3, 0.4) is 0 Å². The molecule has 3 heteroatoms. The lowest BCUT2D eigenvalue weighted by molar-refractivity contribution is 0.697. The molecule has 0 unspecified atom stereocenters. The lowest BCUT2D eigenvalue weighted by Crippen LogP contribution is -2.40. The third-order valence-electron chi connectivity index (χ3n) is 1.07. The Bertz CT molecular complexity index is 158. The van der Waals surface area contributed by atoms with Crippen molar-refractivity contribution in [1.29, 1.82) is 5.41 Å². The van der Waals surface area contributed by atoms with Crippen molar-refractivity contribution in [1.82, 2.24) is 0 Å². The summed E-state index contributed by atoms with van der Waals surface area (Å²) in [5.41, 5.74) is 11.3. The van der Waals surface area contributed by atoms with E-state index in [0.717, 1.165) is 0 Å². The van der Waals surface area contributed by atoms with Gasteiger partial charge in [-0.25, -0.2) is 0 Å². The summed E-state index contributed by atoms with van der Waals surface area (Å²) in [4.78, 5) is 0. The average molecular weight is 141 g/mol. The second-order valence-electron chi connectivity index (χ2n) is 3.02. The van der Waals surface area contributed by atoms with Crippen LogP contribution in [0.4, 0.5) is 0 Å². The Labute approximate surface area is 61.6 Å². The Morgan fingerprint density at radius 2 is 1.90 bits per heavy atom. The summed E-state index contributed by atoms with van der Waals surface area (Å²) >= 11 is 0. The molecule has 0 rings (SSSR count). The molecule has 0 aliphatic rings. The first-order valence-electron chi connectivity index (χ1n) is 3.15. The minimum atomic E-state index is -0.583. The van der Waals surface area contributed by atoms with Crippen molar-refractivity contribution in [2.75, 3.05) is 0 Å². The van der Waals surface area contributed by atoms with Crippen LogP contribution in [-0.4, -0.2) is 11.3 Å². The van der Waals surface area contributed by atoms with Crippen LogP contribution >= 0.6 is 0 Å². The van der Waals surface area contributed by atoms with Crippen LogP contribution in [0.5, 0.6) is 0 Å². The van der Waals surface area contributed by atoms with E-state index in [9.17, 15) is 0 Å². The van der Waals surface area contributed by atoms with Crippen LogP contribution in [-0.2, 0) is 0 Å². The van der Waals surface area contributed by atoms with Gasteiger partial charge in [0.25, 0.3) is 0 Å². The molecule has 0 aromatic rings. The van der Waals surface area contributed by atoms with Crippen molar-refractivity contribution in [2.45, 2.75) is 26.3 Å². The molecule has 0 spiro atoms. The predicted molar refractivity (Wildman–Crippen MR) is 43.9 cm³/mol. The summed E-state index contributed by atoms with van der Waals surface area (Å²) in [6.45, 7) is 5.28. The number of rotatable bonds is 2. The summed E-state index contributed by atoms with van der Waals surface area (Å²) in [7, 11) is 0. The Morgan fingerprint density at radius 1 is 1.50 bits per heavy atom. The van der Waals surface area contributed by atoms with Crippen molar-refractivity contribution in [3.63, 3.8) is 0 Å². The molecule has 0 bridgehead atoms. The first kappa shape index (κ1) is 9.17. The Balaban J connectivity index is 4.27. The van der Waals surface area contributed by atoms with Gasteiger partial charge in [0.1, 0.15) is 0 Å². The van der Waals surface area contributed by atoms with Crippen LogP contribution < -0.4 is 11.5 Å². The molecule has 0 aliphatic carbocycles.